The van der Waals surface area contributed by atoms with Crippen molar-refractivity contribution in [2.45, 2.75) is 45.9 Å². The average Bonchev–Trinajstić information content (AvgIpc) is 3.16. The molecule has 0 radical (unpaired) electrons. The lowest BCUT2D eigenvalue weighted by atomic mass is 10.1. The van der Waals surface area contributed by atoms with E-state index in [0.29, 0.717) is 56.8 Å². The van der Waals surface area contributed by atoms with Crippen LogP contribution in [0.15, 0.2) is 29.1 Å². The lowest BCUT2D eigenvalue weighted by Gasteiger charge is -2.28. The highest BCUT2D eigenvalue weighted by Gasteiger charge is 2.23. The first-order chi connectivity index (χ1) is 15.7. The van der Waals surface area contributed by atoms with Crippen LogP contribution in [-0.2, 0) is 17.7 Å². The van der Waals surface area contributed by atoms with Gasteiger partial charge < -0.3 is 19.6 Å². The van der Waals surface area contributed by atoms with Crippen LogP contribution in [0.2, 0.25) is 5.02 Å². The van der Waals surface area contributed by atoms with Gasteiger partial charge in [-0.05, 0) is 50.1 Å². The van der Waals surface area contributed by atoms with Crippen LogP contribution in [0.1, 0.15) is 41.8 Å². The number of aliphatic hydroxyl groups is 1. The number of carbonyl (C=O) groups is 1. The zero-order valence-corrected chi connectivity index (χ0v) is 20.6. The Morgan fingerprint density at radius 3 is 2.61 bits per heavy atom. The van der Waals surface area contributed by atoms with Gasteiger partial charge in [0, 0.05) is 17.6 Å². The quantitative estimate of drug-likeness (QED) is 0.415. The summed E-state index contributed by atoms with van der Waals surface area (Å²) in [6.07, 6.45) is -0.232. The van der Waals surface area contributed by atoms with Crippen molar-refractivity contribution in [1.82, 2.24) is 14.9 Å². The Hall–Kier alpha value is -2.46. The number of aromatic nitrogens is 2. The highest BCUT2D eigenvalue weighted by atomic mass is 35.5. The van der Waals surface area contributed by atoms with Gasteiger partial charge in [-0.3, -0.25) is 9.69 Å². The molecule has 0 amide bonds. The second-order valence-corrected chi connectivity index (χ2v) is 9.33. The van der Waals surface area contributed by atoms with E-state index >= 15 is 0 Å². The number of aliphatic hydroxyl groups excluding tert-OH is 1. The van der Waals surface area contributed by atoms with Crippen LogP contribution in [-0.4, -0.2) is 58.4 Å². The van der Waals surface area contributed by atoms with Gasteiger partial charge in [-0.25, -0.2) is 9.78 Å². The molecule has 0 spiro atoms. The molecule has 0 aliphatic rings. The summed E-state index contributed by atoms with van der Waals surface area (Å²) in [7, 11) is 1.32. The molecule has 0 saturated carbocycles. The van der Waals surface area contributed by atoms with Gasteiger partial charge in [0.25, 0.3) is 5.56 Å². The molecular formula is C23H28ClN3O5S. The zero-order valence-electron chi connectivity index (χ0n) is 19.1. The number of hydrogen-bond donors (Lipinski definition) is 2. The molecule has 1 aromatic carbocycles. The van der Waals surface area contributed by atoms with E-state index in [2.05, 4.69) is 9.97 Å². The molecule has 2 N–H and O–H groups in total. The second kappa shape index (κ2) is 11.1. The fourth-order valence-corrected chi connectivity index (χ4v) is 4.81. The molecule has 3 rings (SSSR count). The maximum atomic E-state index is 12.8. The number of benzene rings is 1. The van der Waals surface area contributed by atoms with E-state index in [-0.39, 0.29) is 18.2 Å². The van der Waals surface area contributed by atoms with Crippen molar-refractivity contribution in [3.05, 3.63) is 55.9 Å². The number of nitrogens with zero attached hydrogens (tertiary/aromatic N) is 2. The fourth-order valence-electron chi connectivity index (χ4n) is 3.48. The predicted octanol–water partition coefficient (Wildman–Crippen LogP) is 3.64. The van der Waals surface area contributed by atoms with Crippen molar-refractivity contribution < 1.29 is 19.4 Å². The van der Waals surface area contributed by atoms with Crippen molar-refractivity contribution >= 4 is 39.1 Å². The van der Waals surface area contributed by atoms with E-state index in [0.717, 1.165) is 11.3 Å². The summed E-state index contributed by atoms with van der Waals surface area (Å²) in [5.74, 6) is 0.618. The minimum atomic E-state index is -0.752. The smallest absolute Gasteiger partial charge is 0.348 e. The molecule has 8 nitrogen and oxygen atoms in total. The number of carbonyl (C=O) groups excluding carboxylic acids is 1. The number of aromatic amines is 1. The normalized spacial score (nSPS) is 12.5. The summed E-state index contributed by atoms with van der Waals surface area (Å²) in [4.78, 5) is 35.3. The fraction of sp³-hybridized carbons (Fsp3) is 0.435. The Bertz CT molecular complexity index is 1160. The Kier molecular flexibility index (Phi) is 8.47. The summed E-state index contributed by atoms with van der Waals surface area (Å²) >= 11 is 7.04. The number of methoxy groups -OCH3 is 1. The maximum absolute atomic E-state index is 12.8. The van der Waals surface area contributed by atoms with E-state index in [1.165, 1.54) is 7.11 Å². The standard InChI is InChI=1S/C23H28ClN3O5S/c1-5-17-19-21(29)25-18(26-22(19)33-20(17)23(30)31-4)11-27(13(2)3)10-15(28)12-32-16-8-6-14(24)7-9-16/h6-9,13,15,28H,5,10-12H2,1-4H3,(H,25,26,29)/t15-/m1/s1. The molecule has 0 fully saturated rings. The minimum absolute atomic E-state index is 0.0800. The third-order valence-electron chi connectivity index (χ3n) is 5.22. The Morgan fingerprint density at radius 2 is 2.00 bits per heavy atom. The zero-order chi connectivity index (χ0) is 24.1. The molecular weight excluding hydrogens is 466 g/mol. The molecule has 33 heavy (non-hydrogen) atoms. The number of hydrogen-bond acceptors (Lipinski definition) is 8. The number of fused-ring (bicyclic) bond motifs is 1. The van der Waals surface area contributed by atoms with Crippen LogP contribution in [0, 0.1) is 0 Å². The molecule has 0 saturated heterocycles. The second-order valence-electron chi connectivity index (χ2n) is 7.89. The van der Waals surface area contributed by atoms with Crippen LogP contribution in [0.4, 0.5) is 0 Å². The van der Waals surface area contributed by atoms with E-state index in [9.17, 15) is 14.7 Å². The highest BCUT2D eigenvalue weighted by Crippen LogP contribution is 2.29. The number of thiophene rings is 1. The van der Waals surface area contributed by atoms with Gasteiger partial charge >= 0.3 is 5.97 Å². The third-order valence-corrected chi connectivity index (χ3v) is 6.58. The molecule has 0 aliphatic heterocycles. The maximum Gasteiger partial charge on any atom is 0.348 e. The minimum Gasteiger partial charge on any atom is -0.491 e. The van der Waals surface area contributed by atoms with E-state index in [1.807, 2.05) is 25.7 Å². The first kappa shape index (κ1) is 25.2. The van der Waals surface area contributed by atoms with Gasteiger partial charge in [-0.15, -0.1) is 11.3 Å². The number of rotatable bonds is 10. The van der Waals surface area contributed by atoms with Crippen LogP contribution >= 0.6 is 22.9 Å². The SMILES string of the molecule is CCc1c(C(=O)OC)sc2nc(CN(C[C@@H](O)COc3ccc(Cl)cc3)C(C)C)[nH]c(=O)c12. The number of esters is 1. The first-order valence-corrected chi connectivity index (χ1v) is 11.9. The van der Waals surface area contributed by atoms with Crippen LogP contribution in [0.5, 0.6) is 5.75 Å². The summed E-state index contributed by atoms with van der Waals surface area (Å²) in [6.45, 7) is 6.65. The van der Waals surface area contributed by atoms with Gasteiger partial charge in [0.15, 0.2) is 0 Å². The number of aryl methyl sites for hydroxylation is 1. The van der Waals surface area contributed by atoms with E-state index in [1.54, 1.807) is 24.3 Å². The third kappa shape index (κ3) is 6.11. The summed E-state index contributed by atoms with van der Waals surface area (Å²) in [5, 5.41) is 11.6. The molecule has 3 aromatic rings. The first-order valence-electron chi connectivity index (χ1n) is 10.7. The van der Waals surface area contributed by atoms with Crippen LogP contribution < -0.4 is 10.3 Å². The lowest BCUT2D eigenvalue weighted by Crippen LogP contribution is -2.40. The van der Waals surface area contributed by atoms with Gasteiger partial charge in [0.2, 0.25) is 0 Å². The van der Waals surface area contributed by atoms with Crippen molar-refractivity contribution in [3.8, 4) is 5.75 Å². The van der Waals surface area contributed by atoms with Crippen molar-refractivity contribution in [3.63, 3.8) is 0 Å². The Morgan fingerprint density at radius 1 is 1.30 bits per heavy atom. The lowest BCUT2D eigenvalue weighted by molar-refractivity contribution is 0.0533. The summed E-state index contributed by atoms with van der Waals surface area (Å²) < 4.78 is 10.5. The molecule has 178 valence electrons. The molecule has 1 atom stereocenters. The monoisotopic (exact) mass is 493 g/mol. The van der Waals surface area contributed by atoms with Crippen LogP contribution in [0.3, 0.4) is 0 Å². The Balaban J connectivity index is 1.75. The molecule has 0 aliphatic carbocycles. The van der Waals surface area contributed by atoms with Gasteiger partial charge in [-0.1, -0.05) is 18.5 Å². The van der Waals surface area contributed by atoms with E-state index < -0.39 is 12.1 Å². The molecule has 0 bridgehead atoms. The summed E-state index contributed by atoms with van der Waals surface area (Å²) in [6, 6.07) is 7.02. The number of H-pyrrole nitrogens is 1. The highest BCUT2D eigenvalue weighted by molar-refractivity contribution is 7.20. The van der Waals surface area contributed by atoms with E-state index in [4.69, 9.17) is 21.1 Å². The Labute approximate surface area is 201 Å². The van der Waals surface area contributed by atoms with Gasteiger partial charge in [-0.2, -0.15) is 0 Å². The molecule has 2 heterocycles. The molecule has 10 heteroatoms. The van der Waals surface area contributed by atoms with Crippen molar-refractivity contribution in [2.75, 3.05) is 20.3 Å². The molecule has 0 unspecified atom stereocenters. The van der Waals surface area contributed by atoms with Gasteiger partial charge in [0.1, 0.15) is 34.0 Å². The van der Waals surface area contributed by atoms with Gasteiger partial charge in [0.05, 0.1) is 19.0 Å². The number of ether oxygens (including phenoxy) is 2. The largest absolute Gasteiger partial charge is 0.491 e. The predicted molar refractivity (Wildman–Crippen MR) is 129 cm³/mol. The van der Waals surface area contributed by atoms with Crippen LogP contribution in [0.25, 0.3) is 10.2 Å². The van der Waals surface area contributed by atoms with Crippen molar-refractivity contribution in [1.29, 1.82) is 0 Å². The number of halogens is 1. The average molecular weight is 494 g/mol. The summed E-state index contributed by atoms with van der Waals surface area (Å²) in [5.41, 5.74) is 0.367. The number of nitrogens with one attached hydrogen (secondary N) is 1. The topological polar surface area (TPSA) is 105 Å². The molecule has 2 aromatic heterocycles. The van der Waals surface area contributed by atoms with Crippen molar-refractivity contribution in [2.24, 2.45) is 0 Å².